The average molecular weight is 580 g/mol. The molecule has 1 aromatic rings. The van der Waals surface area contributed by atoms with E-state index in [1.807, 2.05) is 6.07 Å². The Morgan fingerprint density at radius 1 is 0.762 bits per heavy atom. The number of carbonyl (C=O) groups is 7. The first kappa shape index (κ1) is 33.7. The molecule has 42 heavy (non-hydrogen) atoms. The first-order valence-electron chi connectivity index (χ1n) is 13.8. The van der Waals surface area contributed by atoms with Crippen molar-refractivity contribution < 1.29 is 33.6 Å². The maximum absolute atomic E-state index is 12.8. The monoisotopic (exact) mass is 580 g/mol. The lowest BCUT2D eigenvalue weighted by Gasteiger charge is -2.19. The van der Waals surface area contributed by atoms with Gasteiger partial charge in [0.05, 0.1) is 27.5 Å². The Hall–Kier alpha value is -4.49. The van der Waals surface area contributed by atoms with E-state index in [0.717, 1.165) is 10.5 Å². The Morgan fingerprint density at radius 3 is 2.02 bits per heavy atom. The molecule has 0 unspecified atom stereocenters. The van der Waals surface area contributed by atoms with Crippen LogP contribution in [-0.4, -0.2) is 92.4 Å². The number of hydrogen-bond donors (Lipinski definition) is 5. The lowest BCUT2D eigenvalue weighted by Crippen LogP contribution is -2.52. The molecule has 1 aliphatic rings. The van der Waals surface area contributed by atoms with Gasteiger partial charge in [-0.25, -0.2) is 0 Å². The van der Waals surface area contributed by atoms with Gasteiger partial charge in [-0.1, -0.05) is 43.1 Å². The Kier molecular flexibility index (Phi) is 14.5. The van der Waals surface area contributed by atoms with Gasteiger partial charge in [0, 0.05) is 37.6 Å². The van der Waals surface area contributed by atoms with Crippen LogP contribution in [0.4, 0.5) is 0 Å². The minimum absolute atomic E-state index is 0.158. The molecule has 14 heteroatoms. The topological polar surface area (TPSA) is 183 Å². The summed E-state index contributed by atoms with van der Waals surface area (Å²) in [4.78, 5) is 85.6. The summed E-state index contributed by atoms with van der Waals surface area (Å²) in [6, 6.07) is 7.71. The van der Waals surface area contributed by atoms with Crippen molar-refractivity contribution in [3.63, 3.8) is 0 Å². The highest BCUT2D eigenvalue weighted by atomic mass is 16.2. The van der Waals surface area contributed by atoms with Gasteiger partial charge in [0.1, 0.15) is 6.04 Å². The van der Waals surface area contributed by atoms with E-state index in [1.165, 1.54) is 12.2 Å². The van der Waals surface area contributed by atoms with Crippen LogP contribution >= 0.6 is 0 Å². The van der Waals surface area contributed by atoms with Gasteiger partial charge in [0.15, 0.2) is 0 Å². The quantitative estimate of drug-likeness (QED) is 0.0807. The summed E-state index contributed by atoms with van der Waals surface area (Å²) in [5, 5.41) is 12.6. The predicted molar refractivity (Wildman–Crippen MR) is 154 cm³/mol. The van der Waals surface area contributed by atoms with Crippen molar-refractivity contribution in [2.24, 2.45) is 0 Å². The van der Waals surface area contributed by atoms with Crippen molar-refractivity contribution in [1.82, 2.24) is 31.5 Å². The standard InChI is InChI=1S/C28H37BN6O7/c1-19(15-29)33-24(38)18-32-28(42)21(14-20-8-4-2-5-9-20)34-25(39)17-31-23(37)16-30-22(36)10-6-3-7-13-35-26(40)11-12-27(35)41/h2,4-5,8-9,11-12,19,21H,3,6-7,10,13-18H2,1H3,(H,30,36)(H,31,37)(H,32,42)(H,33,38)(H,34,39)/t19-,21+/m1/s1. The van der Waals surface area contributed by atoms with Crippen molar-refractivity contribution in [2.75, 3.05) is 26.2 Å². The molecule has 1 aromatic carbocycles. The zero-order chi connectivity index (χ0) is 30.9. The van der Waals surface area contributed by atoms with Gasteiger partial charge in [0.25, 0.3) is 11.8 Å². The van der Waals surface area contributed by atoms with Gasteiger partial charge < -0.3 is 26.6 Å². The molecule has 0 bridgehead atoms. The summed E-state index contributed by atoms with van der Waals surface area (Å²) in [5.74, 6) is -3.25. The summed E-state index contributed by atoms with van der Waals surface area (Å²) in [6.07, 6.45) is 4.69. The van der Waals surface area contributed by atoms with E-state index in [4.69, 9.17) is 7.85 Å². The van der Waals surface area contributed by atoms with Crippen molar-refractivity contribution >= 4 is 49.2 Å². The van der Waals surface area contributed by atoms with Crippen molar-refractivity contribution in [1.29, 1.82) is 0 Å². The van der Waals surface area contributed by atoms with E-state index in [0.29, 0.717) is 19.3 Å². The van der Waals surface area contributed by atoms with Gasteiger partial charge in [-0.2, -0.15) is 0 Å². The second-order valence-corrected chi connectivity index (χ2v) is 9.76. The minimum atomic E-state index is -1.01. The van der Waals surface area contributed by atoms with Crippen LogP contribution in [0.5, 0.6) is 0 Å². The molecular formula is C28H37BN6O7. The number of hydrogen-bond acceptors (Lipinski definition) is 7. The fourth-order valence-electron chi connectivity index (χ4n) is 3.87. The number of unbranched alkanes of at least 4 members (excludes halogenated alkanes) is 2. The lowest BCUT2D eigenvalue weighted by molar-refractivity contribution is -0.137. The molecule has 13 nitrogen and oxygen atoms in total. The number of imide groups is 1. The lowest BCUT2D eigenvalue weighted by atomic mass is 9.99. The predicted octanol–water partition coefficient (Wildman–Crippen LogP) is -1.36. The highest BCUT2D eigenvalue weighted by Gasteiger charge is 2.23. The number of nitrogens with one attached hydrogen (secondary N) is 5. The average Bonchev–Trinajstić information content (AvgIpc) is 3.29. The van der Waals surface area contributed by atoms with Gasteiger partial charge in [-0.05, 0) is 25.3 Å². The van der Waals surface area contributed by atoms with Crippen LogP contribution < -0.4 is 26.6 Å². The fraction of sp³-hybridized carbons (Fsp3) is 0.464. The largest absolute Gasteiger partial charge is 0.353 e. The maximum Gasteiger partial charge on any atom is 0.253 e. The van der Waals surface area contributed by atoms with Crippen molar-refractivity contribution in [3.05, 3.63) is 48.0 Å². The van der Waals surface area contributed by atoms with E-state index in [-0.39, 0.29) is 62.6 Å². The normalized spacial score (nSPS) is 13.7. The first-order valence-corrected chi connectivity index (χ1v) is 13.8. The second kappa shape index (κ2) is 18.0. The summed E-state index contributed by atoms with van der Waals surface area (Å²) in [5.41, 5.74) is 0.779. The molecular weight excluding hydrogens is 543 g/mol. The van der Waals surface area contributed by atoms with Crippen LogP contribution in [0.25, 0.3) is 0 Å². The van der Waals surface area contributed by atoms with E-state index in [9.17, 15) is 33.6 Å². The molecule has 0 fully saturated rings. The number of carbonyl (C=O) groups excluding carboxylic acids is 7. The third kappa shape index (κ3) is 12.8. The van der Waals surface area contributed by atoms with E-state index in [1.54, 1.807) is 31.2 Å². The van der Waals surface area contributed by atoms with Gasteiger partial charge in [-0.3, -0.25) is 38.5 Å². The molecule has 0 aliphatic carbocycles. The fourth-order valence-corrected chi connectivity index (χ4v) is 3.87. The van der Waals surface area contributed by atoms with Gasteiger partial charge in [-0.15, -0.1) is 0 Å². The smallest absolute Gasteiger partial charge is 0.253 e. The van der Waals surface area contributed by atoms with Crippen molar-refractivity contribution in [2.45, 2.75) is 57.4 Å². The third-order valence-electron chi connectivity index (χ3n) is 6.20. The first-order chi connectivity index (χ1) is 20.1. The molecule has 0 spiro atoms. The van der Waals surface area contributed by atoms with E-state index >= 15 is 0 Å². The zero-order valence-corrected chi connectivity index (χ0v) is 23.6. The van der Waals surface area contributed by atoms with Crippen LogP contribution in [0, 0.1) is 0 Å². The minimum Gasteiger partial charge on any atom is -0.353 e. The van der Waals surface area contributed by atoms with Crippen LogP contribution in [0.1, 0.15) is 38.2 Å². The number of amides is 7. The maximum atomic E-state index is 12.8. The van der Waals surface area contributed by atoms with Crippen LogP contribution in [0.2, 0.25) is 6.32 Å². The van der Waals surface area contributed by atoms with Crippen LogP contribution in [0.3, 0.4) is 0 Å². The molecule has 0 saturated carbocycles. The van der Waals surface area contributed by atoms with E-state index in [2.05, 4.69) is 26.6 Å². The van der Waals surface area contributed by atoms with E-state index < -0.39 is 36.2 Å². The molecule has 2 rings (SSSR count). The molecule has 224 valence electrons. The zero-order valence-electron chi connectivity index (χ0n) is 23.6. The summed E-state index contributed by atoms with van der Waals surface area (Å²) in [6.45, 7) is 0.955. The van der Waals surface area contributed by atoms with Gasteiger partial charge >= 0.3 is 0 Å². The Labute approximate surface area is 246 Å². The molecule has 0 saturated heterocycles. The number of nitrogens with zero attached hydrogens (tertiary/aromatic N) is 1. The molecule has 2 atom stereocenters. The molecule has 5 N–H and O–H groups in total. The summed E-state index contributed by atoms with van der Waals surface area (Å²) in [7, 11) is 5.48. The van der Waals surface area contributed by atoms with Crippen molar-refractivity contribution in [3.8, 4) is 0 Å². The van der Waals surface area contributed by atoms with Gasteiger partial charge in [0.2, 0.25) is 29.5 Å². The van der Waals surface area contributed by atoms with Crippen LogP contribution in [-0.2, 0) is 40.0 Å². The SMILES string of the molecule is [B]C[C@@H](C)NC(=O)CNC(=O)[C@H](Cc1ccccc1)NC(=O)CNC(=O)CNC(=O)CCCCCN1C(=O)C=CC1=O. The number of rotatable bonds is 18. The Balaban J connectivity index is 1.70. The molecule has 1 aliphatic heterocycles. The molecule has 0 aromatic heterocycles. The summed E-state index contributed by atoms with van der Waals surface area (Å²) < 4.78 is 0. The Morgan fingerprint density at radius 2 is 1.36 bits per heavy atom. The second-order valence-electron chi connectivity index (χ2n) is 9.76. The highest BCUT2D eigenvalue weighted by Crippen LogP contribution is 2.08. The summed E-state index contributed by atoms with van der Waals surface area (Å²) >= 11 is 0. The molecule has 2 radical (unpaired) electrons. The third-order valence-corrected chi connectivity index (χ3v) is 6.20. The highest BCUT2D eigenvalue weighted by molar-refractivity contribution is 6.12. The van der Waals surface area contributed by atoms with Crippen LogP contribution in [0.15, 0.2) is 42.5 Å². The molecule has 1 heterocycles. The number of benzene rings is 1. The Bertz CT molecular complexity index is 1140. The molecule has 7 amide bonds.